The normalized spacial score (nSPS) is 11.4. The number of nitrogens with zero attached hydrogens (tertiary/aromatic N) is 1. The highest BCUT2D eigenvalue weighted by Crippen LogP contribution is 2.33. The van der Waals surface area contributed by atoms with Gasteiger partial charge in [-0.2, -0.15) is 13.2 Å². The van der Waals surface area contributed by atoms with Crippen molar-refractivity contribution in [3.63, 3.8) is 0 Å². The van der Waals surface area contributed by atoms with Crippen molar-refractivity contribution >= 4 is 22.9 Å². The molecule has 0 radical (unpaired) electrons. The molecule has 0 aliphatic carbocycles. The van der Waals surface area contributed by atoms with Crippen molar-refractivity contribution in [1.29, 1.82) is 0 Å². The molecule has 8 heteroatoms. The van der Waals surface area contributed by atoms with E-state index in [-0.39, 0.29) is 24.6 Å². The first-order valence-electron chi connectivity index (χ1n) is 9.94. The molecule has 4 nitrogen and oxygen atoms in total. The lowest BCUT2D eigenvalue weighted by Gasteiger charge is -2.09. The Bertz CT molecular complexity index is 1130. The number of rotatable bonds is 8. The third kappa shape index (κ3) is 5.82. The summed E-state index contributed by atoms with van der Waals surface area (Å²) in [5.41, 5.74) is 2.01. The number of aromatic nitrogens is 1. The maximum absolute atomic E-state index is 12.8. The van der Waals surface area contributed by atoms with Gasteiger partial charge >= 0.3 is 6.18 Å². The van der Waals surface area contributed by atoms with Crippen LogP contribution in [0, 0.1) is 13.8 Å². The number of Topliss-reactive ketones (excluding diaryl/α,β-unsaturated/α-hetero) is 2. The molecule has 2 aromatic carbocycles. The van der Waals surface area contributed by atoms with Crippen molar-refractivity contribution in [2.75, 3.05) is 6.61 Å². The zero-order valence-electron chi connectivity index (χ0n) is 17.9. The number of hydrogen-bond acceptors (Lipinski definition) is 5. The Morgan fingerprint density at radius 1 is 1.06 bits per heavy atom. The Labute approximate surface area is 188 Å². The minimum absolute atomic E-state index is 0.0138. The number of ether oxygens (including phenoxy) is 1. The van der Waals surface area contributed by atoms with E-state index in [1.165, 1.54) is 30.4 Å². The first kappa shape index (κ1) is 23.7. The lowest BCUT2D eigenvalue weighted by atomic mass is 10.0. The summed E-state index contributed by atoms with van der Waals surface area (Å²) in [7, 11) is 0. The summed E-state index contributed by atoms with van der Waals surface area (Å²) < 4.78 is 43.7. The van der Waals surface area contributed by atoms with Crippen LogP contribution in [-0.4, -0.2) is 23.2 Å². The quantitative estimate of drug-likeness (QED) is 0.373. The molecule has 0 aliphatic heterocycles. The topological polar surface area (TPSA) is 56.3 Å². The van der Waals surface area contributed by atoms with Crippen LogP contribution < -0.4 is 4.74 Å². The maximum Gasteiger partial charge on any atom is 0.416 e. The van der Waals surface area contributed by atoms with Crippen molar-refractivity contribution in [3.05, 3.63) is 69.7 Å². The van der Waals surface area contributed by atoms with Gasteiger partial charge in [-0.25, -0.2) is 4.98 Å². The average molecular weight is 462 g/mol. The van der Waals surface area contributed by atoms with Crippen LogP contribution in [0.2, 0.25) is 0 Å². The third-order valence-electron chi connectivity index (χ3n) is 4.86. The first-order valence-corrected chi connectivity index (χ1v) is 10.8. The molecule has 0 bridgehead atoms. The third-order valence-corrected chi connectivity index (χ3v) is 6.13. The number of aryl methyl sites for hydroxylation is 3. The molecule has 1 heterocycles. The van der Waals surface area contributed by atoms with Crippen molar-refractivity contribution < 1.29 is 27.5 Å². The first-order chi connectivity index (χ1) is 15.0. The van der Waals surface area contributed by atoms with Gasteiger partial charge in [0.2, 0.25) is 0 Å². The Balaban J connectivity index is 1.66. The van der Waals surface area contributed by atoms with Crippen LogP contribution in [0.15, 0.2) is 42.5 Å². The number of carbonyl (C=O) groups is 2. The molecule has 3 rings (SSSR count). The molecule has 1 aromatic heterocycles. The zero-order valence-corrected chi connectivity index (χ0v) is 18.7. The van der Waals surface area contributed by atoms with E-state index in [2.05, 4.69) is 4.98 Å². The van der Waals surface area contributed by atoms with Crippen molar-refractivity contribution in [2.24, 2.45) is 0 Å². The van der Waals surface area contributed by atoms with Crippen molar-refractivity contribution in [2.45, 2.75) is 39.8 Å². The summed E-state index contributed by atoms with van der Waals surface area (Å²) >= 11 is 1.38. The number of benzene rings is 2. The second-order valence-corrected chi connectivity index (χ2v) is 8.58. The highest BCUT2D eigenvalue weighted by Gasteiger charge is 2.30. The van der Waals surface area contributed by atoms with E-state index in [9.17, 15) is 22.8 Å². The van der Waals surface area contributed by atoms with Gasteiger partial charge in [-0.05, 0) is 63.1 Å². The van der Waals surface area contributed by atoms with E-state index >= 15 is 0 Å². The standard InChI is InChI=1S/C24H22F3NO3S/c1-14-12-18(6-10-21(14)31-13-15(2)29)20(30)9-11-22-16(3)28-23(32-22)17-4-7-19(8-5-17)24(25,26)27/h4-8,10,12H,9,11,13H2,1-3H3. The molecule has 0 unspecified atom stereocenters. The molecule has 0 atom stereocenters. The van der Waals surface area contributed by atoms with E-state index in [1.54, 1.807) is 18.2 Å². The van der Waals surface area contributed by atoms with Crippen molar-refractivity contribution in [1.82, 2.24) is 4.98 Å². The van der Waals surface area contributed by atoms with Gasteiger partial charge in [0.1, 0.15) is 17.4 Å². The smallest absolute Gasteiger partial charge is 0.416 e. The summed E-state index contributed by atoms with van der Waals surface area (Å²) in [4.78, 5) is 29.1. The predicted octanol–water partition coefficient (Wildman–Crippen LogP) is 6.23. The second kappa shape index (κ2) is 9.65. The van der Waals surface area contributed by atoms with E-state index in [4.69, 9.17) is 4.74 Å². The molecule has 32 heavy (non-hydrogen) atoms. The lowest BCUT2D eigenvalue weighted by molar-refractivity contribution is -0.137. The lowest BCUT2D eigenvalue weighted by Crippen LogP contribution is -2.08. The van der Waals surface area contributed by atoms with Crippen LogP contribution in [0.5, 0.6) is 5.75 Å². The Morgan fingerprint density at radius 2 is 1.75 bits per heavy atom. The minimum atomic E-state index is -4.38. The molecule has 0 aliphatic rings. The largest absolute Gasteiger partial charge is 0.486 e. The van der Waals surface area contributed by atoms with Gasteiger partial charge in [0.05, 0.1) is 11.3 Å². The number of ketones is 2. The summed E-state index contributed by atoms with van der Waals surface area (Å²) in [5.74, 6) is 0.450. The van der Waals surface area contributed by atoms with Crippen LogP contribution in [0.25, 0.3) is 10.6 Å². The number of halogens is 3. The van der Waals surface area contributed by atoms with E-state index in [1.807, 2.05) is 13.8 Å². The molecule has 0 N–H and O–H groups in total. The van der Waals surface area contributed by atoms with Gasteiger partial charge < -0.3 is 4.74 Å². The molecule has 0 saturated heterocycles. The van der Waals surface area contributed by atoms with Crippen LogP contribution in [0.4, 0.5) is 13.2 Å². The highest BCUT2D eigenvalue weighted by atomic mass is 32.1. The van der Waals surface area contributed by atoms with Crippen LogP contribution in [0.3, 0.4) is 0 Å². The number of hydrogen-bond donors (Lipinski definition) is 0. The highest BCUT2D eigenvalue weighted by molar-refractivity contribution is 7.15. The molecule has 168 valence electrons. The Morgan fingerprint density at radius 3 is 2.34 bits per heavy atom. The molecule has 0 spiro atoms. The fourth-order valence-corrected chi connectivity index (χ4v) is 4.19. The summed E-state index contributed by atoms with van der Waals surface area (Å²) in [6, 6.07) is 10.0. The Kier molecular flexibility index (Phi) is 7.13. The van der Waals surface area contributed by atoms with Gasteiger partial charge in [0.15, 0.2) is 11.6 Å². The minimum Gasteiger partial charge on any atom is -0.486 e. The van der Waals surface area contributed by atoms with E-state index in [0.29, 0.717) is 28.3 Å². The average Bonchev–Trinajstić information content (AvgIpc) is 3.11. The SMILES string of the molecule is CC(=O)COc1ccc(C(=O)CCc2sc(-c3ccc(C(F)(F)F)cc3)nc2C)cc1C. The Hall–Kier alpha value is -3.00. The van der Waals surface area contributed by atoms with E-state index in [0.717, 1.165) is 28.3 Å². The fourth-order valence-electron chi connectivity index (χ4n) is 3.12. The van der Waals surface area contributed by atoms with Crippen molar-refractivity contribution in [3.8, 4) is 16.3 Å². The molecule has 3 aromatic rings. The number of alkyl halides is 3. The van der Waals surface area contributed by atoms with Gasteiger partial charge in [-0.3, -0.25) is 9.59 Å². The maximum atomic E-state index is 12.8. The summed E-state index contributed by atoms with van der Waals surface area (Å²) in [5, 5.41) is 0.626. The fraction of sp³-hybridized carbons (Fsp3) is 0.292. The van der Waals surface area contributed by atoms with Crippen LogP contribution in [-0.2, 0) is 17.4 Å². The van der Waals surface area contributed by atoms with Gasteiger partial charge in [0, 0.05) is 22.4 Å². The monoisotopic (exact) mass is 461 g/mol. The van der Waals surface area contributed by atoms with Crippen LogP contribution >= 0.6 is 11.3 Å². The van der Waals surface area contributed by atoms with Gasteiger partial charge in [0.25, 0.3) is 0 Å². The predicted molar refractivity (Wildman–Crippen MR) is 117 cm³/mol. The summed E-state index contributed by atoms with van der Waals surface area (Å²) in [6.45, 7) is 5.07. The second-order valence-electron chi connectivity index (χ2n) is 7.50. The molecular formula is C24H22F3NO3S. The van der Waals surface area contributed by atoms with E-state index < -0.39 is 11.7 Å². The molecule has 0 fully saturated rings. The molecule has 0 saturated carbocycles. The summed E-state index contributed by atoms with van der Waals surface area (Å²) in [6.07, 6.45) is -3.61. The van der Waals surface area contributed by atoms with Gasteiger partial charge in [-0.1, -0.05) is 12.1 Å². The van der Waals surface area contributed by atoms with Crippen LogP contribution in [0.1, 0.15) is 45.4 Å². The number of carbonyl (C=O) groups excluding carboxylic acids is 2. The molecule has 0 amide bonds. The number of thiazole rings is 1. The van der Waals surface area contributed by atoms with Gasteiger partial charge in [-0.15, -0.1) is 11.3 Å². The molecular weight excluding hydrogens is 439 g/mol. The zero-order chi connectivity index (χ0) is 23.5.